The Bertz CT molecular complexity index is 404. The third-order valence-electron chi connectivity index (χ3n) is 4.45. The van der Waals surface area contributed by atoms with E-state index in [4.69, 9.17) is 0 Å². The van der Waals surface area contributed by atoms with Crippen molar-refractivity contribution in [2.75, 3.05) is 13.1 Å². The average Bonchev–Trinajstić information content (AvgIpc) is 2.93. The van der Waals surface area contributed by atoms with Crippen LogP contribution in [0.3, 0.4) is 0 Å². The molecule has 1 aromatic carbocycles. The summed E-state index contributed by atoms with van der Waals surface area (Å²) >= 11 is 0. The minimum atomic E-state index is 0.600. The summed E-state index contributed by atoms with van der Waals surface area (Å²) in [7, 11) is 0. The highest BCUT2D eigenvalue weighted by Gasteiger charge is 2.41. The van der Waals surface area contributed by atoms with Crippen molar-refractivity contribution in [3.05, 3.63) is 34.9 Å². The molecular formula is C16H23N. The molecule has 17 heavy (non-hydrogen) atoms. The Hall–Kier alpha value is -0.820. The highest BCUT2D eigenvalue weighted by atomic mass is 14.9. The lowest BCUT2D eigenvalue weighted by Gasteiger charge is -2.16. The van der Waals surface area contributed by atoms with E-state index in [1.54, 1.807) is 16.7 Å². The van der Waals surface area contributed by atoms with Gasteiger partial charge in [-0.3, -0.25) is 0 Å². The van der Waals surface area contributed by atoms with Crippen LogP contribution in [0.25, 0.3) is 0 Å². The van der Waals surface area contributed by atoms with Crippen LogP contribution < -0.4 is 5.32 Å². The van der Waals surface area contributed by atoms with Gasteiger partial charge in [-0.15, -0.1) is 0 Å². The van der Waals surface area contributed by atoms with Gasteiger partial charge < -0.3 is 5.32 Å². The van der Waals surface area contributed by atoms with Crippen molar-refractivity contribution in [3.8, 4) is 0 Å². The zero-order valence-corrected chi connectivity index (χ0v) is 10.9. The first kappa shape index (κ1) is 11.3. The molecule has 0 atom stereocenters. The van der Waals surface area contributed by atoms with Crippen LogP contribution in [-0.4, -0.2) is 13.1 Å². The molecular weight excluding hydrogens is 206 g/mol. The smallest absolute Gasteiger partial charge is 0.00109 e. The molecule has 1 saturated carbocycles. The van der Waals surface area contributed by atoms with Crippen LogP contribution in [0.1, 0.15) is 42.9 Å². The zero-order valence-electron chi connectivity index (χ0n) is 10.9. The van der Waals surface area contributed by atoms with Gasteiger partial charge in [-0.25, -0.2) is 0 Å². The molecule has 0 amide bonds. The molecule has 0 aromatic heterocycles. The van der Waals surface area contributed by atoms with Gasteiger partial charge in [0.05, 0.1) is 0 Å². The van der Waals surface area contributed by atoms with Gasteiger partial charge in [0.15, 0.2) is 0 Å². The summed E-state index contributed by atoms with van der Waals surface area (Å²) in [5.41, 5.74) is 5.40. The van der Waals surface area contributed by atoms with Gasteiger partial charge in [0.25, 0.3) is 0 Å². The molecule has 1 N–H and O–H groups in total. The maximum Gasteiger partial charge on any atom is 0.00109 e. The van der Waals surface area contributed by atoms with Crippen LogP contribution in [0, 0.1) is 5.41 Å². The molecule has 3 rings (SSSR count). The van der Waals surface area contributed by atoms with Crippen molar-refractivity contribution in [2.45, 2.75) is 45.4 Å². The third-order valence-corrected chi connectivity index (χ3v) is 4.45. The summed E-state index contributed by atoms with van der Waals surface area (Å²) in [6, 6.07) is 7.23. The Balaban J connectivity index is 1.69. The Morgan fingerprint density at radius 2 is 2.00 bits per heavy atom. The largest absolute Gasteiger partial charge is 0.316 e. The van der Waals surface area contributed by atoms with Gasteiger partial charge in [0.1, 0.15) is 0 Å². The summed E-state index contributed by atoms with van der Waals surface area (Å²) in [6.07, 6.45) is 8.09. The summed E-state index contributed by atoms with van der Waals surface area (Å²) in [5.74, 6) is 0. The van der Waals surface area contributed by atoms with E-state index >= 15 is 0 Å². The van der Waals surface area contributed by atoms with E-state index in [2.05, 4.69) is 30.4 Å². The van der Waals surface area contributed by atoms with Crippen molar-refractivity contribution in [3.63, 3.8) is 0 Å². The fraction of sp³-hybridized carbons (Fsp3) is 0.625. The number of benzene rings is 1. The molecule has 1 fully saturated rings. The minimum Gasteiger partial charge on any atom is -0.316 e. The van der Waals surface area contributed by atoms with E-state index in [-0.39, 0.29) is 0 Å². The first-order valence-corrected chi connectivity index (χ1v) is 7.13. The molecule has 0 heterocycles. The van der Waals surface area contributed by atoms with Crippen LogP contribution in [0.5, 0.6) is 0 Å². The van der Waals surface area contributed by atoms with Gasteiger partial charge in [-0.05, 0) is 67.2 Å². The van der Waals surface area contributed by atoms with Crippen molar-refractivity contribution in [1.29, 1.82) is 0 Å². The van der Waals surface area contributed by atoms with Crippen LogP contribution in [0.4, 0.5) is 0 Å². The monoisotopic (exact) mass is 229 g/mol. The minimum absolute atomic E-state index is 0.600. The Labute approximate surface area is 105 Å². The van der Waals surface area contributed by atoms with Crippen LogP contribution in [0.15, 0.2) is 18.2 Å². The van der Waals surface area contributed by atoms with Gasteiger partial charge >= 0.3 is 0 Å². The molecule has 0 unspecified atom stereocenters. The average molecular weight is 229 g/mol. The highest BCUT2D eigenvalue weighted by Crippen LogP contribution is 2.48. The molecule has 2 aliphatic carbocycles. The van der Waals surface area contributed by atoms with E-state index in [1.165, 1.54) is 45.1 Å². The Morgan fingerprint density at radius 3 is 2.76 bits per heavy atom. The van der Waals surface area contributed by atoms with E-state index in [0.717, 1.165) is 6.54 Å². The van der Waals surface area contributed by atoms with Gasteiger partial charge in [0, 0.05) is 6.54 Å². The number of rotatable bonds is 5. The quantitative estimate of drug-likeness (QED) is 0.818. The predicted molar refractivity (Wildman–Crippen MR) is 72.4 cm³/mol. The molecule has 2 aliphatic rings. The van der Waals surface area contributed by atoms with Crippen molar-refractivity contribution >= 4 is 0 Å². The van der Waals surface area contributed by atoms with Crippen LogP contribution in [0.2, 0.25) is 0 Å². The van der Waals surface area contributed by atoms with Crippen molar-refractivity contribution < 1.29 is 0 Å². The third kappa shape index (κ3) is 2.40. The van der Waals surface area contributed by atoms with Gasteiger partial charge in [-0.1, -0.05) is 25.1 Å². The zero-order chi connectivity index (χ0) is 11.7. The van der Waals surface area contributed by atoms with Crippen LogP contribution >= 0.6 is 0 Å². The maximum absolute atomic E-state index is 3.52. The molecule has 0 spiro atoms. The fourth-order valence-electron chi connectivity index (χ4n) is 3.15. The lowest BCUT2D eigenvalue weighted by atomic mass is 9.94. The molecule has 1 aromatic rings. The van der Waals surface area contributed by atoms with Crippen molar-refractivity contribution in [2.24, 2.45) is 5.41 Å². The Morgan fingerprint density at radius 1 is 1.18 bits per heavy atom. The molecule has 1 nitrogen and oxygen atoms in total. The second-order valence-electron chi connectivity index (χ2n) is 5.91. The highest BCUT2D eigenvalue weighted by molar-refractivity contribution is 5.36. The lowest BCUT2D eigenvalue weighted by molar-refractivity contribution is 0.463. The second kappa shape index (κ2) is 4.45. The number of fused-ring (bicyclic) bond motifs is 1. The van der Waals surface area contributed by atoms with E-state index in [0.29, 0.717) is 5.41 Å². The lowest BCUT2D eigenvalue weighted by Crippen LogP contribution is -2.25. The summed E-state index contributed by atoms with van der Waals surface area (Å²) in [5, 5.41) is 3.52. The number of hydrogen-bond donors (Lipinski definition) is 1. The molecule has 1 heteroatoms. The normalized spacial score (nSPS) is 20.3. The standard InChI is InChI=1S/C16H23N/c1-2-17-12-16(8-9-16)11-13-6-7-14-4-3-5-15(14)10-13/h6-7,10,17H,2-5,8-9,11-12H2,1H3. The van der Waals surface area contributed by atoms with Crippen molar-refractivity contribution in [1.82, 2.24) is 5.32 Å². The molecule has 0 radical (unpaired) electrons. The molecule has 0 bridgehead atoms. The summed E-state index contributed by atoms with van der Waals surface area (Å²) in [4.78, 5) is 0. The first-order valence-electron chi connectivity index (χ1n) is 7.13. The van der Waals surface area contributed by atoms with E-state index in [9.17, 15) is 0 Å². The topological polar surface area (TPSA) is 12.0 Å². The SMILES string of the molecule is CCNCC1(Cc2ccc3c(c2)CCC3)CC1. The summed E-state index contributed by atoms with van der Waals surface area (Å²) < 4.78 is 0. The fourth-order valence-corrected chi connectivity index (χ4v) is 3.15. The summed E-state index contributed by atoms with van der Waals surface area (Å²) in [6.45, 7) is 4.51. The molecule has 0 aliphatic heterocycles. The number of nitrogens with one attached hydrogen (secondary N) is 1. The number of aryl methyl sites for hydroxylation is 2. The van der Waals surface area contributed by atoms with Gasteiger partial charge in [-0.2, -0.15) is 0 Å². The van der Waals surface area contributed by atoms with Gasteiger partial charge in [0.2, 0.25) is 0 Å². The second-order valence-corrected chi connectivity index (χ2v) is 5.91. The van der Waals surface area contributed by atoms with E-state index in [1.807, 2.05) is 0 Å². The van der Waals surface area contributed by atoms with Crippen LogP contribution in [-0.2, 0) is 19.3 Å². The predicted octanol–water partition coefficient (Wildman–Crippen LogP) is 3.11. The molecule has 92 valence electrons. The van der Waals surface area contributed by atoms with E-state index < -0.39 is 0 Å². The Kier molecular flexibility index (Phi) is 2.96. The maximum atomic E-state index is 3.52. The number of hydrogen-bond acceptors (Lipinski definition) is 1. The first-order chi connectivity index (χ1) is 8.31. The molecule has 0 saturated heterocycles.